The summed E-state index contributed by atoms with van der Waals surface area (Å²) in [4.78, 5) is 23.7. The van der Waals surface area contributed by atoms with Crippen molar-refractivity contribution in [1.82, 2.24) is 29.7 Å². The van der Waals surface area contributed by atoms with Gasteiger partial charge in [0.25, 0.3) is 0 Å². The van der Waals surface area contributed by atoms with Crippen molar-refractivity contribution in [3.05, 3.63) is 48.3 Å². The highest BCUT2D eigenvalue weighted by atomic mass is 31.2. The van der Waals surface area contributed by atoms with Crippen LogP contribution in [0.5, 0.6) is 0 Å². The van der Waals surface area contributed by atoms with E-state index in [2.05, 4.69) is 20.0 Å². The Morgan fingerprint density at radius 1 is 1.27 bits per heavy atom. The number of carbonyl (C=O) groups is 1. The first-order valence-corrected chi connectivity index (χ1v) is 12.8. The van der Waals surface area contributed by atoms with Crippen LogP contribution in [0.3, 0.4) is 0 Å². The minimum atomic E-state index is -5.00. The van der Waals surface area contributed by atoms with Gasteiger partial charge in [0.2, 0.25) is 7.44 Å². The lowest BCUT2D eigenvalue weighted by Crippen LogP contribution is -2.49. The number of nitrogen functional groups attached to an aromatic ring is 1. The van der Waals surface area contributed by atoms with Crippen molar-refractivity contribution in [1.29, 1.82) is 0 Å². The lowest BCUT2D eigenvalue weighted by atomic mass is 10.1. The molecule has 0 saturated carbocycles. The largest absolute Gasteiger partial charge is 0.480 e. The molecule has 0 amide bonds. The summed E-state index contributed by atoms with van der Waals surface area (Å²) in [6.07, 6.45) is -3.91. The van der Waals surface area contributed by atoms with E-state index in [1.54, 1.807) is 11.5 Å². The summed E-state index contributed by atoms with van der Waals surface area (Å²) in [5.74, 6) is -2.23. The van der Waals surface area contributed by atoms with Crippen LogP contribution in [0.25, 0.3) is 11.2 Å². The lowest BCUT2D eigenvalue weighted by Gasteiger charge is -2.33. The first-order chi connectivity index (χ1) is 17.1. The van der Waals surface area contributed by atoms with Gasteiger partial charge in [-0.25, -0.2) is 29.5 Å². The highest BCUT2D eigenvalue weighted by molar-refractivity contribution is 7.59. The molecule has 0 bridgehead atoms. The predicted molar refractivity (Wildman–Crippen MR) is 126 cm³/mol. The number of anilines is 1. The molecule has 0 aliphatic rings. The van der Waals surface area contributed by atoms with Crippen LogP contribution in [0.1, 0.15) is 32.4 Å². The molecule has 3 rings (SSSR count). The smallest absolute Gasteiger partial charge is 0.408 e. The Labute approximate surface area is 208 Å². The third-order valence-corrected chi connectivity index (χ3v) is 7.37. The van der Waals surface area contributed by atoms with Crippen molar-refractivity contribution >= 4 is 30.4 Å². The Kier molecular flexibility index (Phi) is 8.22. The molecule has 202 valence electrons. The van der Waals surface area contributed by atoms with Gasteiger partial charge in [0.15, 0.2) is 11.5 Å². The fourth-order valence-corrected chi connectivity index (χ4v) is 5.81. The van der Waals surface area contributed by atoms with Crippen molar-refractivity contribution < 1.29 is 36.8 Å². The van der Waals surface area contributed by atoms with Crippen molar-refractivity contribution in [3.8, 4) is 0 Å². The zero-order chi connectivity index (χ0) is 27.6. The first kappa shape index (κ1) is 28.4. The molecule has 3 unspecified atom stereocenters. The van der Waals surface area contributed by atoms with Gasteiger partial charge in [-0.05, 0) is 38.5 Å². The van der Waals surface area contributed by atoms with Gasteiger partial charge < -0.3 is 20.1 Å². The number of imidazole rings is 1. The molecule has 1 aromatic carbocycles. The number of aromatic nitrogens is 4. The summed E-state index contributed by atoms with van der Waals surface area (Å²) in [5.41, 5.74) is 4.05. The quantitative estimate of drug-likeness (QED) is 0.207. The molecule has 0 spiro atoms. The number of carboxylic acids is 1. The van der Waals surface area contributed by atoms with E-state index in [0.717, 1.165) is 32.0 Å². The second-order valence-electron chi connectivity index (χ2n) is 8.87. The molecular weight excluding hydrogens is 521 g/mol. The standard InChI is InChI=1S/C21H26F4N7O4P/c1-12(8-32-10-29-15-17(26)27-9-28-18(15)32)36-11-37(35,31-20(2,3)19(33)34)30-16(21(23,24)25)13-5-4-6-14(22)7-13/h4-7,9-10,12,16H,8,11H2,1-3H3,(H,33,34)(H2,26,27,28)(H2,30,31,35). The van der Waals surface area contributed by atoms with Crippen LogP contribution in [0.15, 0.2) is 36.9 Å². The summed E-state index contributed by atoms with van der Waals surface area (Å²) in [7, 11) is -4.44. The minimum absolute atomic E-state index is 0.0991. The Bertz CT molecular complexity index is 1320. The summed E-state index contributed by atoms with van der Waals surface area (Å²) in [5, 5.41) is 13.7. The predicted octanol–water partition coefficient (Wildman–Crippen LogP) is 3.45. The highest BCUT2D eigenvalue weighted by Gasteiger charge is 2.46. The van der Waals surface area contributed by atoms with Crippen LogP contribution in [-0.4, -0.2) is 54.8 Å². The van der Waals surface area contributed by atoms with E-state index in [9.17, 15) is 32.0 Å². The molecule has 2 aromatic heterocycles. The molecule has 3 aromatic rings. The van der Waals surface area contributed by atoms with Crippen molar-refractivity contribution in [3.63, 3.8) is 0 Å². The molecule has 0 fully saturated rings. The molecule has 2 heterocycles. The fraction of sp³-hybridized carbons (Fsp3) is 0.429. The number of aliphatic carboxylic acids is 1. The van der Waals surface area contributed by atoms with Crippen LogP contribution >= 0.6 is 7.44 Å². The van der Waals surface area contributed by atoms with Crippen molar-refractivity contribution in [2.75, 3.05) is 12.1 Å². The third kappa shape index (κ3) is 7.01. The molecule has 3 atom stereocenters. The Hall–Kier alpha value is -3.13. The fourth-order valence-electron chi connectivity index (χ4n) is 3.43. The summed E-state index contributed by atoms with van der Waals surface area (Å²) >= 11 is 0. The molecular formula is C21H26F4N7O4P. The Morgan fingerprint density at radius 3 is 2.59 bits per heavy atom. The molecule has 0 aliphatic carbocycles. The van der Waals surface area contributed by atoms with Gasteiger partial charge in [-0.2, -0.15) is 13.2 Å². The lowest BCUT2D eigenvalue weighted by molar-refractivity contribution is -0.153. The van der Waals surface area contributed by atoms with Crippen LogP contribution in [0.4, 0.5) is 23.4 Å². The maximum absolute atomic E-state index is 14.0. The maximum Gasteiger partial charge on any atom is 0.408 e. The molecule has 11 nitrogen and oxygen atoms in total. The van der Waals surface area contributed by atoms with Gasteiger partial charge in [-0.15, -0.1) is 0 Å². The Morgan fingerprint density at radius 2 is 1.97 bits per heavy atom. The van der Waals surface area contributed by atoms with E-state index in [1.165, 1.54) is 12.7 Å². The van der Waals surface area contributed by atoms with Gasteiger partial charge in [0.05, 0.1) is 19.0 Å². The highest BCUT2D eigenvalue weighted by Crippen LogP contribution is 2.46. The van der Waals surface area contributed by atoms with Crippen LogP contribution in [0, 0.1) is 5.82 Å². The number of alkyl halides is 3. The number of hydrogen-bond donors (Lipinski definition) is 4. The van der Waals surface area contributed by atoms with Crippen molar-refractivity contribution in [2.24, 2.45) is 0 Å². The monoisotopic (exact) mass is 547 g/mol. The van der Waals surface area contributed by atoms with E-state index < -0.39 is 55.0 Å². The molecule has 16 heteroatoms. The van der Waals surface area contributed by atoms with Gasteiger partial charge in [0, 0.05) is 0 Å². The van der Waals surface area contributed by atoms with Gasteiger partial charge in [-0.1, -0.05) is 12.1 Å². The average molecular weight is 547 g/mol. The second-order valence-corrected chi connectivity index (χ2v) is 11.1. The van der Waals surface area contributed by atoms with E-state index in [-0.39, 0.29) is 12.4 Å². The summed E-state index contributed by atoms with van der Waals surface area (Å²) < 4.78 is 76.5. The van der Waals surface area contributed by atoms with E-state index in [4.69, 9.17) is 10.5 Å². The number of ether oxygens (including phenoxy) is 1. The van der Waals surface area contributed by atoms with E-state index in [1.807, 2.05) is 5.09 Å². The zero-order valence-electron chi connectivity index (χ0n) is 20.0. The van der Waals surface area contributed by atoms with Crippen molar-refractivity contribution in [2.45, 2.75) is 51.2 Å². The zero-order valence-corrected chi connectivity index (χ0v) is 20.9. The van der Waals surface area contributed by atoms with Crippen LogP contribution in [0.2, 0.25) is 0 Å². The number of carboxylic acid groups (broad SMARTS) is 1. The number of hydrogen-bond acceptors (Lipinski definition) is 7. The maximum atomic E-state index is 14.0. The SMILES string of the molecule is CC(Cn1cnc2c(N)ncnc21)OCP(=O)(NC(c1cccc(F)c1)C(F)(F)F)NC(C)(C)C(=O)O. The van der Waals surface area contributed by atoms with Gasteiger partial charge in [0.1, 0.15) is 35.6 Å². The van der Waals surface area contributed by atoms with Crippen LogP contribution in [-0.2, 0) is 20.6 Å². The number of benzene rings is 1. The number of halogens is 4. The first-order valence-electron chi connectivity index (χ1n) is 10.9. The second kappa shape index (κ2) is 10.7. The third-order valence-electron chi connectivity index (χ3n) is 5.27. The topological polar surface area (TPSA) is 157 Å². The van der Waals surface area contributed by atoms with Crippen LogP contribution < -0.4 is 15.9 Å². The van der Waals surface area contributed by atoms with E-state index in [0.29, 0.717) is 17.2 Å². The number of rotatable bonds is 11. The molecule has 0 aliphatic heterocycles. The number of nitrogens with zero attached hydrogens (tertiary/aromatic N) is 4. The molecule has 37 heavy (non-hydrogen) atoms. The van der Waals surface area contributed by atoms with Gasteiger partial charge >= 0.3 is 12.1 Å². The number of nitrogens with one attached hydrogen (secondary N) is 2. The normalized spacial score (nSPS) is 15.9. The van der Waals surface area contributed by atoms with E-state index >= 15 is 0 Å². The number of nitrogens with two attached hydrogens (primary N) is 1. The molecule has 0 radical (unpaired) electrons. The minimum Gasteiger partial charge on any atom is -0.480 e. The molecule has 5 N–H and O–H groups in total. The van der Waals surface area contributed by atoms with Gasteiger partial charge in [-0.3, -0.25) is 9.36 Å². The number of fused-ring (bicyclic) bond motifs is 1. The Balaban J connectivity index is 1.85. The molecule has 0 saturated heterocycles. The summed E-state index contributed by atoms with van der Waals surface area (Å²) in [6, 6.07) is 1.13. The average Bonchev–Trinajstić information content (AvgIpc) is 3.19. The summed E-state index contributed by atoms with van der Waals surface area (Å²) in [6.45, 7) is 3.94.